The lowest BCUT2D eigenvalue weighted by Gasteiger charge is -2.45. The standard InChI is InChI=1S/C27H29F3N4OS/c1-18-15-33(23-4-6-25(31-14-23)27(28,29)30)16-19(2)34(18)17-26(35)32-10-7-20(8-11-32)21-3-5-24-22(13-21)9-12-36-24/h3-7,9,12-14,18-19H,8,10-11,15-17H2,1-2H3. The van der Waals surface area contributed by atoms with Gasteiger partial charge in [-0.05, 0) is 72.5 Å². The van der Waals surface area contributed by atoms with Crippen molar-refractivity contribution in [3.8, 4) is 0 Å². The molecule has 2 atom stereocenters. The number of benzene rings is 1. The molecule has 1 aromatic carbocycles. The first kappa shape index (κ1) is 24.8. The molecule has 190 valence electrons. The van der Waals surface area contributed by atoms with E-state index in [0.717, 1.165) is 12.5 Å². The Labute approximate surface area is 212 Å². The van der Waals surface area contributed by atoms with Crippen molar-refractivity contribution in [2.75, 3.05) is 37.6 Å². The van der Waals surface area contributed by atoms with Crippen LogP contribution in [0.2, 0.25) is 0 Å². The lowest BCUT2D eigenvalue weighted by Crippen LogP contribution is -2.59. The number of alkyl halides is 3. The first-order valence-corrected chi connectivity index (χ1v) is 13.1. The van der Waals surface area contributed by atoms with Crippen LogP contribution in [-0.4, -0.2) is 65.5 Å². The molecule has 2 aromatic heterocycles. The van der Waals surface area contributed by atoms with Gasteiger partial charge in [0.2, 0.25) is 5.91 Å². The maximum atomic E-state index is 13.1. The minimum Gasteiger partial charge on any atom is -0.367 e. The molecule has 3 aromatic rings. The van der Waals surface area contributed by atoms with Crippen molar-refractivity contribution < 1.29 is 18.0 Å². The first-order chi connectivity index (χ1) is 17.2. The van der Waals surface area contributed by atoms with Crippen LogP contribution in [0.1, 0.15) is 31.5 Å². The van der Waals surface area contributed by atoms with Gasteiger partial charge in [0, 0.05) is 43.0 Å². The van der Waals surface area contributed by atoms with E-state index in [0.29, 0.717) is 38.4 Å². The molecule has 0 aliphatic carbocycles. The number of hydrogen-bond acceptors (Lipinski definition) is 5. The van der Waals surface area contributed by atoms with Crippen molar-refractivity contribution in [1.29, 1.82) is 0 Å². The van der Waals surface area contributed by atoms with Gasteiger partial charge in [-0.2, -0.15) is 13.2 Å². The van der Waals surface area contributed by atoms with Crippen LogP contribution >= 0.6 is 11.3 Å². The van der Waals surface area contributed by atoms with E-state index in [2.05, 4.69) is 59.5 Å². The average Bonchev–Trinajstić information content (AvgIpc) is 3.34. The van der Waals surface area contributed by atoms with Crippen molar-refractivity contribution in [3.63, 3.8) is 0 Å². The molecular weight excluding hydrogens is 485 g/mol. The van der Waals surface area contributed by atoms with Crippen LogP contribution in [0.25, 0.3) is 15.7 Å². The molecule has 2 unspecified atom stereocenters. The predicted molar refractivity (Wildman–Crippen MR) is 138 cm³/mol. The summed E-state index contributed by atoms with van der Waals surface area (Å²) >= 11 is 1.74. The number of thiophene rings is 1. The minimum absolute atomic E-state index is 0.0771. The highest BCUT2D eigenvalue weighted by molar-refractivity contribution is 7.17. The number of piperazine rings is 1. The van der Waals surface area contributed by atoms with Crippen molar-refractivity contribution >= 4 is 38.6 Å². The molecule has 36 heavy (non-hydrogen) atoms. The Morgan fingerprint density at radius 3 is 2.53 bits per heavy atom. The second-order valence-corrected chi connectivity index (χ2v) is 10.6. The SMILES string of the molecule is CC1CN(c2ccc(C(F)(F)F)nc2)CC(C)N1CC(=O)N1CC=C(c2ccc3sccc3c2)CC1. The summed E-state index contributed by atoms with van der Waals surface area (Å²) in [5, 5.41) is 3.36. The van der Waals surface area contributed by atoms with E-state index in [1.165, 1.54) is 33.5 Å². The quantitative estimate of drug-likeness (QED) is 0.459. The van der Waals surface area contributed by atoms with Crippen molar-refractivity contribution in [2.45, 2.75) is 38.5 Å². The Balaban J connectivity index is 1.18. The molecule has 0 saturated carbocycles. The van der Waals surface area contributed by atoms with Crippen LogP contribution in [0, 0.1) is 0 Å². The van der Waals surface area contributed by atoms with Crippen LogP contribution in [0.4, 0.5) is 18.9 Å². The summed E-state index contributed by atoms with van der Waals surface area (Å²) in [5.74, 6) is 0.113. The van der Waals surface area contributed by atoms with Gasteiger partial charge in [0.05, 0.1) is 18.4 Å². The number of aromatic nitrogens is 1. The highest BCUT2D eigenvalue weighted by Crippen LogP contribution is 2.30. The number of pyridine rings is 1. The van der Waals surface area contributed by atoms with Crippen LogP contribution in [0.5, 0.6) is 0 Å². The second kappa shape index (κ2) is 9.86. The van der Waals surface area contributed by atoms with E-state index in [1.807, 2.05) is 9.80 Å². The zero-order chi connectivity index (χ0) is 25.4. The van der Waals surface area contributed by atoms with Crippen LogP contribution in [0.3, 0.4) is 0 Å². The second-order valence-electron chi connectivity index (χ2n) is 9.67. The maximum absolute atomic E-state index is 13.1. The number of halogens is 3. The van der Waals surface area contributed by atoms with E-state index in [-0.39, 0.29) is 18.0 Å². The van der Waals surface area contributed by atoms with Gasteiger partial charge < -0.3 is 9.80 Å². The minimum atomic E-state index is -4.44. The van der Waals surface area contributed by atoms with Gasteiger partial charge >= 0.3 is 6.18 Å². The summed E-state index contributed by atoms with van der Waals surface area (Å²) in [6.07, 6.45) is -0.157. The number of hydrogen-bond donors (Lipinski definition) is 0. The third-order valence-electron chi connectivity index (χ3n) is 7.21. The summed E-state index contributed by atoms with van der Waals surface area (Å²) in [4.78, 5) is 22.9. The Bertz CT molecular complexity index is 1260. The fourth-order valence-corrected chi connectivity index (χ4v) is 5.97. The Morgan fingerprint density at radius 1 is 1.11 bits per heavy atom. The number of carbonyl (C=O) groups excluding carboxylic acids is 1. The van der Waals surface area contributed by atoms with Gasteiger partial charge in [0.15, 0.2) is 0 Å². The highest BCUT2D eigenvalue weighted by atomic mass is 32.1. The molecule has 4 heterocycles. The predicted octanol–water partition coefficient (Wildman–Crippen LogP) is 5.53. The Hall–Kier alpha value is -2.91. The van der Waals surface area contributed by atoms with E-state index < -0.39 is 11.9 Å². The molecule has 1 amide bonds. The summed E-state index contributed by atoms with van der Waals surface area (Å²) in [6, 6.07) is 11.3. The van der Waals surface area contributed by atoms with Gasteiger partial charge in [0.25, 0.3) is 0 Å². The molecule has 5 rings (SSSR count). The smallest absolute Gasteiger partial charge is 0.367 e. The third-order valence-corrected chi connectivity index (χ3v) is 8.11. The normalized spacial score (nSPS) is 21.6. The number of fused-ring (bicyclic) bond motifs is 1. The van der Waals surface area contributed by atoms with Gasteiger partial charge in [-0.1, -0.05) is 12.1 Å². The van der Waals surface area contributed by atoms with E-state index in [1.54, 1.807) is 11.3 Å². The maximum Gasteiger partial charge on any atom is 0.433 e. The molecule has 0 spiro atoms. The molecule has 9 heteroatoms. The van der Waals surface area contributed by atoms with E-state index >= 15 is 0 Å². The van der Waals surface area contributed by atoms with Crippen molar-refractivity contribution in [1.82, 2.24) is 14.8 Å². The molecular formula is C27H29F3N4OS. The largest absolute Gasteiger partial charge is 0.433 e. The molecule has 5 nitrogen and oxygen atoms in total. The molecule has 1 fully saturated rings. The fourth-order valence-electron chi connectivity index (χ4n) is 5.20. The van der Waals surface area contributed by atoms with Crippen LogP contribution in [-0.2, 0) is 11.0 Å². The van der Waals surface area contributed by atoms with E-state index in [4.69, 9.17) is 0 Å². The Morgan fingerprint density at radius 2 is 1.89 bits per heavy atom. The van der Waals surface area contributed by atoms with Crippen molar-refractivity contribution in [3.05, 3.63) is 65.3 Å². The molecule has 1 saturated heterocycles. The molecule has 0 bridgehead atoms. The summed E-state index contributed by atoms with van der Waals surface area (Å²) < 4.78 is 39.8. The zero-order valence-corrected chi connectivity index (χ0v) is 21.1. The summed E-state index contributed by atoms with van der Waals surface area (Å²) in [5.41, 5.74) is 2.29. The van der Waals surface area contributed by atoms with Crippen LogP contribution < -0.4 is 4.90 Å². The molecule has 2 aliphatic rings. The Kier molecular flexibility index (Phi) is 6.78. The van der Waals surface area contributed by atoms with Gasteiger partial charge in [-0.15, -0.1) is 11.3 Å². The number of rotatable bonds is 4. The van der Waals surface area contributed by atoms with Crippen molar-refractivity contribution in [2.24, 2.45) is 0 Å². The number of nitrogens with zero attached hydrogens (tertiary/aromatic N) is 4. The van der Waals surface area contributed by atoms with Gasteiger partial charge in [0.1, 0.15) is 5.69 Å². The third kappa shape index (κ3) is 5.13. The number of amides is 1. The van der Waals surface area contributed by atoms with Gasteiger partial charge in [-0.25, -0.2) is 4.98 Å². The zero-order valence-electron chi connectivity index (χ0n) is 20.3. The molecule has 2 aliphatic heterocycles. The fraction of sp³-hybridized carbons (Fsp3) is 0.407. The summed E-state index contributed by atoms with van der Waals surface area (Å²) in [6.45, 7) is 7.01. The number of carbonyl (C=O) groups is 1. The van der Waals surface area contributed by atoms with Gasteiger partial charge in [-0.3, -0.25) is 9.69 Å². The average molecular weight is 515 g/mol. The van der Waals surface area contributed by atoms with Crippen LogP contribution in [0.15, 0.2) is 54.1 Å². The van der Waals surface area contributed by atoms with E-state index in [9.17, 15) is 18.0 Å². The monoisotopic (exact) mass is 514 g/mol. The highest BCUT2D eigenvalue weighted by Gasteiger charge is 2.34. The number of anilines is 1. The first-order valence-electron chi connectivity index (χ1n) is 12.2. The summed E-state index contributed by atoms with van der Waals surface area (Å²) in [7, 11) is 0. The molecule has 0 radical (unpaired) electrons. The lowest BCUT2D eigenvalue weighted by molar-refractivity contribution is -0.141. The molecule has 0 N–H and O–H groups in total. The lowest BCUT2D eigenvalue weighted by atomic mass is 9.98. The topological polar surface area (TPSA) is 39.7 Å².